The largest absolute Gasteiger partial charge is 0.471 e. The highest BCUT2D eigenvalue weighted by molar-refractivity contribution is 7.11. The molecule has 0 aliphatic heterocycles. The quantitative estimate of drug-likeness (QED) is 0.855. The monoisotopic (exact) mass is 238 g/mol. The van der Waals surface area contributed by atoms with Crippen LogP contribution in [0.15, 0.2) is 0 Å². The van der Waals surface area contributed by atoms with Gasteiger partial charge in [-0.15, -0.1) is 11.3 Å². The van der Waals surface area contributed by atoms with Crippen molar-refractivity contribution in [1.29, 1.82) is 0 Å². The molecule has 1 N–H and O–H groups in total. The van der Waals surface area contributed by atoms with Crippen LogP contribution in [0.4, 0.5) is 13.2 Å². The molecule has 0 aliphatic rings. The van der Waals surface area contributed by atoms with Crippen LogP contribution in [0.2, 0.25) is 0 Å². The molecular formula is C8H9F3N2OS. The van der Waals surface area contributed by atoms with Gasteiger partial charge in [-0.2, -0.15) is 13.2 Å². The molecule has 0 aliphatic carbocycles. The molecule has 1 aromatic rings. The van der Waals surface area contributed by atoms with E-state index < -0.39 is 12.1 Å². The maximum absolute atomic E-state index is 11.8. The van der Waals surface area contributed by atoms with Crippen molar-refractivity contribution in [3.8, 4) is 0 Å². The molecule has 15 heavy (non-hydrogen) atoms. The number of aromatic nitrogens is 1. The van der Waals surface area contributed by atoms with Crippen LogP contribution in [0.5, 0.6) is 0 Å². The third kappa shape index (κ3) is 3.19. The number of alkyl halides is 3. The van der Waals surface area contributed by atoms with E-state index in [9.17, 15) is 18.0 Å². The molecule has 7 heteroatoms. The van der Waals surface area contributed by atoms with Crippen molar-refractivity contribution in [1.82, 2.24) is 10.3 Å². The van der Waals surface area contributed by atoms with Crippen LogP contribution in [-0.2, 0) is 11.3 Å². The van der Waals surface area contributed by atoms with E-state index in [1.54, 1.807) is 12.2 Å². The minimum atomic E-state index is -4.83. The summed E-state index contributed by atoms with van der Waals surface area (Å²) in [6.07, 6.45) is -4.83. The molecular weight excluding hydrogens is 229 g/mol. The number of rotatable bonds is 2. The molecule has 3 nitrogen and oxygen atoms in total. The predicted molar refractivity (Wildman–Crippen MR) is 49.5 cm³/mol. The first kappa shape index (κ1) is 12.0. The Bertz CT molecular complexity index is 353. The molecule has 0 fully saturated rings. The van der Waals surface area contributed by atoms with Crippen LogP contribution in [-0.4, -0.2) is 17.1 Å². The average molecular weight is 238 g/mol. The van der Waals surface area contributed by atoms with Gasteiger partial charge in [0.2, 0.25) is 0 Å². The van der Waals surface area contributed by atoms with Gasteiger partial charge in [0.05, 0.1) is 12.2 Å². The Morgan fingerprint density at radius 2 is 2.07 bits per heavy atom. The van der Waals surface area contributed by atoms with E-state index >= 15 is 0 Å². The number of hydrogen-bond donors (Lipinski definition) is 1. The third-order valence-corrected chi connectivity index (χ3v) is 2.80. The molecule has 0 saturated carbocycles. The fourth-order valence-electron chi connectivity index (χ4n) is 0.871. The predicted octanol–water partition coefficient (Wildman–Crippen LogP) is 1.94. The van der Waals surface area contributed by atoms with Gasteiger partial charge >= 0.3 is 12.1 Å². The van der Waals surface area contributed by atoms with E-state index in [0.717, 1.165) is 10.6 Å². The number of carbonyl (C=O) groups excluding carboxylic acids is 1. The van der Waals surface area contributed by atoms with Gasteiger partial charge < -0.3 is 5.32 Å². The molecule has 0 radical (unpaired) electrons. The van der Waals surface area contributed by atoms with Gasteiger partial charge in [-0.25, -0.2) is 4.98 Å². The van der Waals surface area contributed by atoms with Crippen molar-refractivity contribution in [2.45, 2.75) is 26.6 Å². The Balaban J connectivity index is 2.55. The van der Waals surface area contributed by atoms with Crippen LogP contribution < -0.4 is 5.32 Å². The van der Waals surface area contributed by atoms with Gasteiger partial charge in [0, 0.05) is 4.88 Å². The van der Waals surface area contributed by atoms with Crippen molar-refractivity contribution >= 4 is 17.2 Å². The highest BCUT2D eigenvalue weighted by Gasteiger charge is 2.38. The number of carbonyl (C=O) groups is 1. The van der Waals surface area contributed by atoms with Crippen molar-refractivity contribution in [2.24, 2.45) is 0 Å². The fraction of sp³-hybridized carbons (Fsp3) is 0.500. The Morgan fingerprint density at radius 1 is 1.47 bits per heavy atom. The molecule has 0 atom stereocenters. The first-order chi connectivity index (χ1) is 6.80. The zero-order valence-corrected chi connectivity index (χ0v) is 8.92. The molecule has 1 heterocycles. The van der Waals surface area contributed by atoms with Gasteiger partial charge in [-0.1, -0.05) is 0 Å². The lowest BCUT2D eigenvalue weighted by molar-refractivity contribution is -0.173. The second-order valence-corrected chi connectivity index (χ2v) is 4.22. The Labute approximate surface area is 88.3 Å². The van der Waals surface area contributed by atoms with Crippen molar-refractivity contribution in [2.75, 3.05) is 0 Å². The molecule has 0 unspecified atom stereocenters. The SMILES string of the molecule is Cc1nc(CNC(=O)C(F)(F)F)sc1C. The first-order valence-corrected chi connectivity index (χ1v) is 4.90. The molecule has 0 bridgehead atoms. The van der Waals surface area contributed by atoms with Gasteiger partial charge in [-0.05, 0) is 13.8 Å². The standard InChI is InChI=1S/C8H9F3N2OS/c1-4-5(2)15-6(13-4)3-12-7(14)8(9,10)11/h3H2,1-2H3,(H,12,14). The number of nitrogens with one attached hydrogen (secondary N) is 1. The second-order valence-electron chi connectivity index (χ2n) is 2.93. The molecule has 0 spiro atoms. The summed E-state index contributed by atoms with van der Waals surface area (Å²) in [6, 6.07) is 0. The summed E-state index contributed by atoms with van der Waals surface area (Å²) in [5.41, 5.74) is 0.774. The number of halogens is 3. The van der Waals surface area contributed by atoms with Crippen LogP contribution in [0.1, 0.15) is 15.6 Å². The highest BCUT2D eigenvalue weighted by atomic mass is 32.1. The smallest absolute Gasteiger partial charge is 0.342 e. The second kappa shape index (κ2) is 4.18. The molecule has 84 valence electrons. The third-order valence-electron chi connectivity index (χ3n) is 1.73. The Kier molecular flexibility index (Phi) is 3.33. The van der Waals surface area contributed by atoms with E-state index in [1.807, 2.05) is 6.92 Å². The van der Waals surface area contributed by atoms with E-state index in [1.165, 1.54) is 11.3 Å². The summed E-state index contributed by atoms with van der Waals surface area (Å²) in [5, 5.41) is 2.24. The van der Waals surface area contributed by atoms with Gasteiger partial charge in [0.25, 0.3) is 0 Å². The molecule has 1 rings (SSSR count). The number of amides is 1. The molecule has 1 amide bonds. The number of nitrogens with zero attached hydrogens (tertiary/aromatic N) is 1. The number of thiazole rings is 1. The number of aryl methyl sites for hydroxylation is 2. The Hall–Kier alpha value is -1.11. The maximum Gasteiger partial charge on any atom is 0.471 e. The van der Waals surface area contributed by atoms with E-state index in [4.69, 9.17) is 0 Å². The van der Waals surface area contributed by atoms with Gasteiger partial charge in [0.1, 0.15) is 5.01 Å². The lowest BCUT2D eigenvalue weighted by Gasteiger charge is -2.05. The normalized spacial score (nSPS) is 11.5. The summed E-state index contributed by atoms with van der Waals surface area (Å²) < 4.78 is 35.4. The fourth-order valence-corrected chi connectivity index (χ4v) is 1.74. The van der Waals surface area contributed by atoms with Crippen LogP contribution in [0, 0.1) is 13.8 Å². The average Bonchev–Trinajstić information content (AvgIpc) is 2.41. The van der Waals surface area contributed by atoms with Crippen LogP contribution in [0.25, 0.3) is 0 Å². The molecule has 0 saturated heterocycles. The van der Waals surface area contributed by atoms with E-state index in [0.29, 0.717) is 5.01 Å². The summed E-state index contributed by atoms with van der Waals surface area (Å²) in [5.74, 6) is -1.94. The maximum atomic E-state index is 11.8. The summed E-state index contributed by atoms with van der Waals surface area (Å²) >= 11 is 1.27. The minimum Gasteiger partial charge on any atom is -0.342 e. The zero-order valence-electron chi connectivity index (χ0n) is 8.10. The van der Waals surface area contributed by atoms with E-state index in [-0.39, 0.29) is 6.54 Å². The zero-order chi connectivity index (χ0) is 11.6. The van der Waals surface area contributed by atoms with E-state index in [2.05, 4.69) is 4.98 Å². The summed E-state index contributed by atoms with van der Waals surface area (Å²) in [6.45, 7) is 3.40. The van der Waals surface area contributed by atoms with Gasteiger partial charge in [0.15, 0.2) is 0 Å². The van der Waals surface area contributed by atoms with Crippen LogP contribution >= 0.6 is 11.3 Å². The van der Waals surface area contributed by atoms with Crippen LogP contribution in [0.3, 0.4) is 0 Å². The Morgan fingerprint density at radius 3 is 2.47 bits per heavy atom. The minimum absolute atomic E-state index is 0.183. The summed E-state index contributed by atoms with van der Waals surface area (Å²) in [4.78, 5) is 15.4. The van der Waals surface area contributed by atoms with Crippen molar-refractivity contribution in [3.05, 3.63) is 15.6 Å². The highest BCUT2D eigenvalue weighted by Crippen LogP contribution is 2.17. The summed E-state index contributed by atoms with van der Waals surface area (Å²) in [7, 11) is 0. The topological polar surface area (TPSA) is 42.0 Å². The van der Waals surface area contributed by atoms with Crippen molar-refractivity contribution in [3.63, 3.8) is 0 Å². The molecule has 1 aromatic heterocycles. The number of hydrogen-bond acceptors (Lipinski definition) is 3. The molecule has 0 aromatic carbocycles. The van der Waals surface area contributed by atoms with Crippen molar-refractivity contribution < 1.29 is 18.0 Å². The first-order valence-electron chi connectivity index (χ1n) is 4.08. The van der Waals surface area contributed by atoms with Gasteiger partial charge in [-0.3, -0.25) is 4.79 Å². The lowest BCUT2D eigenvalue weighted by atomic mass is 10.4. The lowest BCUT2D eigenvalue weighted by Crippen LogP contribution is -2.36.